The number of hydrogen-bond donors (Lipinski definition) is 1. The molecular weight excluding hydrogens is 222 g/mol. The van der Waals surface area contributed by atoms with Gasteiger partial charge in [-0.2, -0.15) is 0 Å². The minimum absolute atomic E-state index is 0.682. The van der Waals surface area contributed by atoms with Crippen molar-refractivity contribution in [3.05, 3.63) is 29.8 Å². The van der Waals surface area contributed by atoms with Crippen LogP contribution in [0, 0.1) is 11.8 Å². The van der Waals surface area contributed by atoms with Crippen molar-refractivity contribution < 1.29 is 4.74 Å². The van der Waals surface area contributed by atoms with Gasteiger partial charge in [-0.3, -0.25) is 0 Å². The molecule has 18 heavy (non-hydrogen) atoms. The Balaban J connectivity index is 2.81. The Morgan fingerprint density at radius 1 is 1.11 bits per heavy atom. The molecule has 0 aliphatic rings. The van der Waals surface area contributed by atoms with Crippen molar-refractivity contribution in [1.82, 2.24) is 5.32 Å². The third-order valence-electron chi connectivity index (χ3n) is 3.86. The zero-order chi connectivity index (χ0) is 13.4. The maximum absolute atomic E-state index is 5.45. The van der Waals surface area contributed by atoms with Gasteiger partial charge < -0.3 is 10.1 Å². The Morgan fingerprint density at radius 2 is 1.78 bits per heavy atom. The highest BCUT2D eigenvalue weighted by Crippen LogP contribution is 2.27. The summed E-state index contributed by atoms with van der Waals surface area (Å²) in [5.74, 6) is 2.48. The van der Waals surface area contributed by atoms with Gasteiger partial charge >= 0.3 is 0 Å². The van der Waals surface area contributed by atoms with E-state index >= 15 is 0 Å². The van der Waals surface area contributed by atoms with E-state index in [1.807, 2.05) is 13.1 Å². The molecule has 1 aromatic rings. The lowest BCUT2D eigenvalue weighted by Gasteiger charge is -2.26. The van der Waals surface area contributed by atoms with Gasteiger partial charge in [-0.25, -0.2) is 0 Å². The third kappa shape index (κ3) is 4.02. The minimum Gasteiger partial charge on any atom is -0.496 e. The lowest BCUT2D eigenvalue weighted by atomic mass is 9.83. The van der Waals surface area contributed by atoms with Crippen LogP contribution in [0.4, 0.5) is 0 Å². The molecule has 0 heterocycles. The van der Waals surface area contributed by atoms with Crippen molar-refractivity contribution in [2.75, 3.05) is 20.7 Å². The average molecular weight is 249 g/mol. The van der Waals surface area contributed by atoms with Gasteiger partial charge in [0, 0.05) is 0 Å². The summed E-state index contributed by atoms with van der Waals surface area (Å²) < 4.78 is 5.45. The van der Waals surface area contributed by atoms with Gasteiger partial charge in [-0.15, -0.1) is 0 Å². The third-order valence-corrected chi connectivity index (χ3v) is 3.86. The molecule has 2 nitrogen and oxygen atoms in total. The first-order valence-electron chi connectivity index (χ1n) is 7.03. The molecule has 0 aliphatic heterocycles. The lowest BCUT2D eigenvalue weighted by Crippen LogP contribution is -2.27. The zero-order valence-electron chi connectivity index (χ0n) is 12.2. The molecule has 0 aliphatic carbocycles. The number of rotatable bonds is 8. The quantitative estimate of drug-likeness (QED) is 0.761. The first-order valence-corrected chi connectivity index (χ1v) is 7.03. The van der Waals surface area contributed by atoms with Crippen LogP contribution in [0.2, 0.25) is 0 Å². The molecule has 1 atom stereocenters. The molecule has 0 spiro atoms. The molecule has 0 saturated carbocycles. The van der Waals surface area contributed by atoms with Gasteiger partial charge in [-0.05, 0) is 43.5 Å². The SMILES string of the molecule is CCC(CC)C(CNC)Cc1ccccc1OC. The molecule has 0 saturated heterocycles. The van der Waals surface area contributed by atoms with E-state index in [-0.39, 0.29) is 0 Å². The molecule has 1 N–H and O–H groups in total. The second kappa shape index (κ2) is 8.15. The Kier molecular flexibility index (Phi) is 6.81. The number of methoxy groups -OCH3 is 1. The highest BCUT2D eigenvalue weighted by atomic mass is 16.5. The van der Waals surface area contributed by atoms with Gasteiger partial charge in [-0.1, -0.05) is 44.9 Å². The molecule has 1 unspecified atom stereocenters. The fourth-order valence-electron chi connectivity index (χ4n) is 2.78. The smallest absolute Gasteiger partial charge is 0.122 e. The van der Waals surface area contributed by atoms with E-state index in [1.54, 1.807) is 7.11 Å². The lowest BCUT2D eigenvalue weighted by molar-refractivity contribution is 0.300. The van der Waals surface area contributed by atoms with Gasteiger partial charge in [0.15, 0.2) is 0 Å². The van der Waals surface area contributed by atoms with Gasteiger partial charge in [0.25, 0.3) is 0 Å². The second-order valence-corrected chi connectivity index (χ2v) is 4.91. The summed E-state index contributed by atoms with van der Waals surface area (Å²) in [6, 6.07) is 8.37. The van der Waals surface area contributed by atoms with Crippen molar-refractivity contribution in [1.29, 1.82) is 0 Å². The summed E-state index contributed by atoms with van der Waals surface area (Å²) in [4.78, 5) is 0. The van der Waals surface area contributed by atoms with Gasteiger partial charge in [0.1, 0.15) is 5.75 Å². The van der Waals surface area contributed by atoms with E-state index in [4.69, 9.17) is 4.74 Å². The van der Waals surface area contributed by atoms with Crippen LogP contribution in [-0.4, -0.2) is 20.7 Å². The number of ether oxygens (including phenoxy) is 1. The van der Waals surface area contributed by atoms with Crippen LogP contribution in [0.25, 0.3) is 0 Å². The molecule has 0 aromatic heterocycles. The van der Waals surface area contributed by atoms with Crippen molar-refractivity contribution in [3.63, 3.8) is 0 Å². The van der Waals surface area contributed by atoms with Crippen molar-refractivity contribution in [3.8, 4) is 5.75 Å². The fourth-order valence-corrected chi connectivity index (χ4v) is 2.78. The number of nitrogens with one attached hydrogen (secondary N) is 1. The maximum atomic E-state index is 5.45. The highest BCUT2D eigenvalue weighted by Gasteiger charge is 2.19. The van der Waals surface area contributed by atoms with Crippen molar-refractivity contribution in [2.24, 2.45) is 11.8 Å². The maximum Gasteiger partial charge on any atom is 0.122 e. The van der Waals surface area contributed by atoms with Crippen LogP contribution in [0.3, 0.4) is 0 Å². The van der Waals surface area contributed by atoms with Crippen molar-refractivity contribution in [2.45, 2.75) is 33.1 Å². The van der Waals surface area contributed by atoms with Crippen LogP contribution in [0.1, 0.15) is 32.3 Å². The molecule has 1 rings (SSSR count). The topological polar surface area (TPSA) is 21.3 Å². The zero-order valence-corrected chi connectivity index (χ0v) is 12.2. The molecular formula is C16H27NO. The summed E-state index contributed by atoms with van der Waals surface area (Å²) in [6.07, 6.45) is 3.59. The van der Waals surface area contributed by atoms with Crippen LogP contribution in [0.5, 0.6) is 5.75 Å². The molecule has 102 valence electrons. The number of benzene rings is 1. The molecule has 0 bridgehead atoms. The fraction of sp³-hybridized carbons (Fsp3) is 0.625. The molecule has 0 radical (unpaired) electrons. The largest absolute Gasteiger partial charge is 0.496 e. The van der Waals surface area contributed by atoms with E-state index in [9.17, 15) is 0 Å². The monoisotopic (exact) mass is 249 g/mol. The summed E-state index contributed by atoms with van der Waals surface area (Å²) >= 11 is 0. The second-order valence-electron chi connectivity index (χ2n) is 4.91. The predicted octanol–water partition coefficient (Wildman–Crippen LogP) is 3.51. The standard InChI is InChI=1S/C16H27NO/c1-5-13(6-2)15(12-17-3)11-14-9-7-8-10-16(14)18-4/h7-10,13,15,17H,5-6,11-12H2,1-4H3. The van der Waals surface area contributed by atoms with E-state index in [2.05, 4.69) is 37.4 Å². The minimum atomic E-state index is 0.682. The van der Waals surface area contributed by atoms with Crippen LogP contribution < -0.4 is 10.1 Å². The number of hydrogen-bond acceptors (Lipinski definition) is 2. The highest BCUT2D eigenvalue weighted by molar-refractivity contribution is 5.33. The first kappa shape index (κ1) is 15.0. The van der Waals surface area contributed by atoms with Crippen LogP contribution in [0.15, 0.2) is 24.3 Å². The van der Waals surface area contributed by atoms with Crippen LogP contribution >= 0.6 is 0 Å². The van der Waals surface area contributed by atoms with Gasteiger partial charge in [0.05, 0.1) is 7.11 Å². The summed E-state index contributed by atoms with van der Waals surface area (Å²) in [6.45, 7) is 5.66. The van der Waals surface area contributed by atoms with E-state index in [1.165, 1.54) is 18.4 Å². The summed E-state index contributed by atoms with van der Waals surface area (Å²) in [5.41, 5.74) is 1.33. The number of para-hydroxylation sites is 1. The Hall–Kier alpha value is -1.02. The summed E-state index contributed by atoms with van der Waals surface area (Å²) in [5, 5.41) is 3.33. The van der Waals surface area contributed by atoms with Crippen molar-refractivity contribution >= 4 is 0 Å². The average Bonchev–Trinajstić information content (AvgIpc) is 2.41. The normalized spacial score (nSPS) is 12.7. The Bertz CT molecular complexity index is 334. The molecule has 1 aromatic carbocycles. The predicted molar refractivity (Wildman–Crippen MR) is 78.2 cm³/mol. The van der Waals surface area contributed by atoms with E-state index in [0.29, 0.717) is 5.92 Å². The van der Waals surface area contributed by atoms with Gasteiger partial charge in [0.2, 0.25) is 0 Å². The summed E-state index contributed by atoms with van der Waals surface area (Å²) in [7, 11) is 3.79. The molecule has 0 fully saturated rings. The molecule has 0 amide bonds. The van der Waals surface area contributed by atoms with Crippen LogP contribution in [-0.2, 0) is 6.42 Å². The molecule has 2 heteroatoms. The van der Waals surface area contributed by atoms with E-state index < -0.39 is 0 Å². The first-order chi connectivity index (χ1) is 8.76. The Labute approximate surface area is 112 Å². The Morgan fingerprint density at radius 3 is 2.33 bits per heavy atom. The van der Waals surface area contributed by atoms with E-state index in [0.717, 1.165) is 24.6 Å².